The molecule has 110 valence electrons. The fourth-order valence-electron chi connectivity index (χ4n) is 1.72. The molecule has 0 saturated carbocycles. The predicted octanol–water partition coefficient (Wildman–Crippen LogP) is 3.96. The van der Waals surface area contributed by atoms with Gasteiger partial charge in [-0.1, -0.05) is 11.6 Å². The van der Waals surface area contributed by atoms with Crippen LogP contribution in [-0.2, 0) is 0 Å². The van der Waals surface area contributed by atoms with Gasteiger partial charge in [0.05, 0.1) is 17.3 Å². The monoisotopic (exact) mass is 305 g/mol. The summed E-state index contributed by atoms with van der Waals surface area (Å²) in [4.78, 5) is 11.9. The van der Waals surface area contributed by atoms with Crippen LogP contribution in [0.25, 0.3) is 0 Å². The summed E-state index contributed by atoms with van der Waals surface area (Å²) in [7, 11) is 0. The maximum Gasteiger partial charge on any atom is 0.323 e. The maximum absolute atomic E-state index is 11.9. The molecule has 2 amide bonds. The number of nitrogen functional groups attached to an aromatic ring is 1. The van der Waals surface area contributed by atoms with Crippen LogP contribution < -0.4 is 21.1 Å². The number of nitrogens with one attached hydrogen (secondary N) is 2. The highest BCUT2D eigenvalue weighted by atomic mass is 35.5. The summed E-state index contributed by atoms with van der Waals surface area (Å²) in [5, 5.41) is 5.75. The number of halogens is 1. The Labute approximate surface area is 128 Å². The van der Waals surface area contributed by atoms with Gasteiger partial charge in [-0.3, -0.25) is 0 Å². The number of benzene rings is 2. The Kier molecular flexibility index (Phi) is 4.90. The van der Waals surface area contributed by atoms with Gasteiger partial charge in [0, 0.05) is 11.4 Å². The topological polar surface area (TPSA) is 76.4 Å². The standard InChI is InChI=1S/C15H16ClN3O2/c1-2-21-12-6-4-11(5-7-12)18-15(20)19-14-8-3-10(17)9-13(14)16/h3-9H,2,17H2,1H3,(H2,18,19,20). The highest BCUT2D eigenvalue weighted by Gasteiger charge is 2.06. The van der Waals surface area contributed by atoms with Crippen molar-refractivity contribution in [1.29, 1.82) is 0 Å². The molecular weight excluding hydrogens is 290 g/mol. The van der Waals surface area contributed by atoms with Crippen LogP contribution in [-0.4, -0.2) is 12.6 Å². The van der Waals surface area contributed by atoms with E-state index in [1.807, 2.05) is 6.92 Å². The van der Waals surface area contributed by atoms with Gasteiger partial charge in [-0.15, -0.1) is 0 Å². The fraction of sp³-hybridized carbons (Fsp3) is 0.133. The van der Waals surface area contributed by atoms with Crippen LogP contribution >= 0.6 is 11.6 Å². The van der Waals surface area contributed by atoms with Gasteiger partial charge in [0.1, 0.15) is 5.75 Å². The minimum Gasteiger partial charge on any atom is -0.494 e. The van der Waals surface area contributed by atoms with Crippen LogP contribution in [0.1, 0.15) is 6.92 Å². The first-order valence-corrected chi connectivity index (χ1v) is 6.82. The van der Waals surface area contributed by atoms with E-state index < -0.39 is 0 Å². The summed E-state index contributed by atoms with van der Waals surface area (Å²) in [5.41, 5.74) is 7.29. The quantitative estimate of drug-likeness (QED) is 0.748. The lowest BCUT2D eigenvalue weighted by atomic mass is 10.3. The first-order chi connectivity index (χ1) is 10.1. The van der Waals surface area contributed by atoms with Gasteiger partial charge in [0.15, 0.2) is 0 Å². The SMILES string of the molecule is CCOc1ccc(NC(=O)Nc2ccc(N)cc2Cl)cc1. The summed E-state index contributed by atoms with van der Waals surface area (Å²) in [6.07, 6.45) is 0. The van der Waals surface area contributed by atoms with Gasteiger partial charge >= 0.3 is 6.03 Å². The van der Waals surface area contributed by atoms with E-state index in [1.165, 1.54) is 0 Å². The van der Waals surface area contributed by atoms with Crippen LogP contribution in [0.15, 0.2) is 42.5 Å². The summed E-state index contributed by atoms with van der Waals surface area (Å²) >= 11 is 5.99. The molecule has 0 saturated heterocycles. The molecule has 2 aromatic rings. The molecule has 0 atom stereocenters. The van der Waals surface area contributed by atoms with Crippen molar-refractivity contribution in [3.63, 3.8) is 0 Å². The van der Waals surface area contributed by atoms with E-state index in [1.54, 1.807) is 42.5 Å². The van der Waals surface area contributed by atoms with Crippen molar-refractivity contribution in [3.8, 4) is 5.75 Å². The second kappa shape index (κ2) is 6.85. The summed E-state index contributed by atoms with van der Waals surface area (Å²) < 4.78 is 5.33. The van der Waals surface area contributed by atoms with E-state index in [2.05, 4.69) is 10.6 Å². The molecule has 0 aliphatic rings. The highest BCUT2D eigenvalue weighted by molar-refractivity contribution is 6.34. The van der Waals surface area contributed by atoms with Crippen LogP contribution in [0.4, 0.5) is 21.9 Å². The van der Waals surface area contributed by atoms with Gasteiger partial charge in [0.2, 0.25) is 0 Å². The van der Waals surface area contributed by atoms with Crippen molar-refractivity contribution in [2.75, 3.05) is 23.0 Å². The lowest BCUT2D eigenvalue weighted by Gasteiger charge is -2.10. The molecule has 21 heavy (non-hydrogen) atoms. The van der Waals surface area contributed by atoms with Crippen molar-refractivity contribution in [2.45, 2.75) is 6.92 Å². The van der Waals surface area contributed by atoms with Gasteiger partial charge < -0.3 is 21.1 Å². The number of urea groups is 1. The largest absolute Gasteiger partial charge is 0.494 e. The molecule has 4 N–H and O–H groups in total. The molecule has 2 rings (SSSR count). The normalized spacial score (nSPS) is 10.0. The number of hydrogen-bond donors (Lipinski definition) is 3. The predicted molar refractivity (Wildman–Crippen MR) is 86.1 cm³/mol. The van der Waals surface area contributed by atoms with E-state index in [-0.39, 0.29) is 6.03 Å². The van der Waals surface area contributed by atoms with Crippen LogP contribution in [0, 0.1) is 0 Å². The summed E-state index contributed by atoms with van der Waals surface area (Å²) in [6, 6.07) is 11.6. The number of ether oxygens (including phenoxy) is 1. The number of nitrogens with two attached hydrogens (primary N) is 1. The molecule has 6 heteroatoms. The van der Waals surface area contributed by atoms with Crippen molar-refractivity contribution in [2.24, 2.45) is 0 Å². The molecular formula is C15H16ClN3O2. The van der Waals surface area contributed by atoms with E-state index in [0.717, 1.165) is 5.75 Å². The highest BCUT2D eigenvalue weighted by Crippen LogP contribution is 2.24. The summed E-state index contributed by atoms with van der Waals surface area (Å²) in [5.74, 6) is 0.755. The molecule has 0 aliphatic heterocycles. The zero-order valence-electron chi connectivity index (χ0n) is 11.5. The molecule has 2 aromatic carbocycles. The molecule has 0 spiro atoms. The van der Waals surface area contributed by atoms with Crippen molar-refractivity contribution < 1.29 is 9.53 Å². The Balaban J connectivity index is 1.98. The number of hydrogen-bond acceptors (Lipinski definition) is 3. The van der Waals surface area contributed by atoms with Crippen LogP contribution in [0.5, 0.6) is 5.75 Å². The van der Waals surface area contributed by atoms with E-state index in [0.29, 0.717) is 28.7 Å². The Morgan fingerprint density at radius 3 is 2.52 bits per heavy atom. The lowest BCUT2D eigenvalue weighted by molar-refractivity contribution is 0.262. The zero-order chi connectivity index (χ0) is 15.2. The number of carbonyl (C=O) groups excluding carboxylic acids is 1. The van der Waals surface area contributed by atoms with Gasteiger partial charge in [-0.2, -0.15) is 0 Å². The third-order valence-corrected chi connectivity index (χ3v) is 2.98. The first-order valence-electron chi connectivity index (χ1n) is 6.44. The van der Waals surface area contributed by atoms with Crippen molar-refractivity contribution >= 4 is 34.7 Å². The van der Waals surface area contributed by atoms with Gasteiger partial charge in [-0.25, -0.2) is 4.79 Å². The molecule has 0 fully saturated rings. The minimum absolute atomic E-state index is 0.383. The molecule has 0 radical (unpaired) electrons. The van der Waals surface area contributed by atoms with E-state index >= 15 is 0 Å². The molecule has 0 unspecified atom stereocenters. The third kappa shape index (κ3) is 4.29. The Morgan fingerprint density at radius 1 is 1.19 bits per heavy atom. The van der Waals surface area contributed by atoms with Gasteiger partial charge in [0.25, 0.3) is 0 Å². The average Bonchev–Trinajstić information content (AvgIpc) is 2.44. The molecule has 5 nitrogen and oxygen atoms in total. The van der Waals surface area contributed by atoms with Crippen molar-refractivity contribution in [1.82, 2.24) is 0 Å². The Hall–Kier alpha value is -2.40. The maximum atomic E-state index is 11.9. The zero-order valence-corrected chi connectivity index (χ0v) is 12.3. The number of carbonyl (C=O) groups is 1. The lowest BCUT2D eigenvalue weighted by Crippen LogP contribution is -2.19. The minimum atomic E-state index is -0.383. The summed E-state index contributed by atoms with van der Waals surface area (Å²) in [6.45, 7) is 2.51. The fourth-order valence-corrected chi connectivity index (χ4v) is 1.95. The molecule has 0 aromatic heterocycles. The van der Waals surface area contributed by atoms with E-state index in [9.17, 15) is 4.79 Å². The smallest absolute Gasteiger partial charge is 0.323 e. The number of rotatable bonds is 4. The van der Waals surface area contributed by atoms with Crippen molar-refractivity contribution in [3.05, 3.63) is 47.5 Å². The van der Waals surface area contributed by atoms with E-state index in [4.69, 9.17) is 22.1 Å². The third-order valence-electron chi connectivity index (χ3n) is 2.66. The average molecular weight is 306 g/mol. The van der Waals surface area contributed by atoms with Gasteiger partial charge in [-0.05, 0) is 49.4 Å². The molecule has 0 heterocycles. The van der Waals surface area contributed by atoms with Crippen LogP contribution in [0.3, 0.4) is 0 Å². The number of anilines is 3. The second-order valence-electron chi connectivity index (χ2n) is 4.28. The second-order valence-corrected chi connectivity index (χ2v) is 4.68. The number of amides is 2. The Morgan fingerprint density at radius 2 is 1.90 bits per heavy atom. The van der Waals surface area contributed by atoms with Crippen LogP contribution in [0.2, 0.25) is 5.02 Å². The first kappa shape index (κ1) is 15.0. The molecule has 0 aliphatic carbocycles. The Bertz CT molecular complexity index is 629. The molecule has 0 bridgehead atoms.